The van der Waals surface area contributed by atoms with Crippen LogP contribution in [0.25, 0.3) is 10.9 Å². The monoisotopic (exact) mass is 299 g/mol. The first-order valence-corrected chi connectivity index (χ1v) is 6.43. The Kier molecular flexibility index (Phi) is 3.85. The summed E-state index contributed by atoms with van der Waals surface area (Å²) in [5.74, 6) is 0.650. The van der Waals surface area contributed by atoms with Crippen LogP contribution in [0.4, 0.5) is 0 Å². The van der Waals surface area contributed by atoms with Gasteiger partial charge in [0.15, 0.2) is 0 Å². The summed E-state index contributed by atoms with van der Waals surface area (Å²) in [6.45, 7) is 1.84. The van der Waals surface area contributed by atoms with Crippen LogP contribution in [-0.4, -0.2) is 9.55 Å². The molecule has 1 aromatic heterocycles. The Labute approximate surface area is 122 Å². The molecule has 1 heterocycles. The second kappa shape index (κ2) is 5.12. The van der Waals surface area contributed by atoms with E-state index in [0.29, 0.717) is 21.7 Å². The topological polar surface area (TPSA) is 60.9 Å². The van der Waals surface area contributed by atoms with Crippen molar-refractivity contribution < 1.29 is 0 Å². The predicted molar refractivity (Wildman–Crippen MR) is 79.1 cm³/mol. The second-order valence-electron chi connectivity index (χ2n) is 4.80. The number of hydrogen-bond donors (Lipinski definition) is 1. The van der Waals surface area contributed by atoms with E-state index in [1.807, 2.05) is 6.92 Å². The maximum Gasteiger partial charge on any atom is 0.263 e. The van der Waals surface area contributed by atoms with Crippen LogP contribution in [0.15, 0.2) is 23.0 Å². The molecular formula is C13H15Cl2N3O. The third-order valence-corrected chi connectivity index (χ3v) is 3.54. The van der Waals surface area contributed by atoms with Crippen LogP contribution in [0.5, 0.6) is 0 Å². The van der Waals surface area contributed by atoms with Crippen molar-refractivity contribution in [1.29, 1.82) is 0 Å². The molecule has 102 valence electrons. The number of benzene rings is 1. The van der Waals surface area contributed by atoms with Gasteiger partial charge in [0.2, 0.25) is 0 Å². The third kappa shape index (κ3) is 2.36. The summed E-state index contributed by atoms with van der Waals surface area (Å²) in [6.07, 6.45) is 2.02. The lowest BCUT2D eigenvalue weighted by Crippen LogP contribution is -2.28. The molecule has 3 rings (SSSR count). The molecule has 1 fully saturated rings. The molecule has 2 aromatic rings. The molecule has 0 spiro atoms. The summed E-state index contributed by atoms with van der Waals surface area (Å²) >= 11 is 6.11. The van der Waals surface area contributed by atoms with E-state index in [0.717, 1.165) is 12.8 Å². The molecule has 0 amide bonds. The summed E-state index contributed by atoms with van der Waals surface area (Å²) in [4.78, 5) is 17.1. The number of rotatable bonds is 2. The molecule has 0 bridgehead atoms. The standard InChI is InChI=1S/C13H14ClN3O.ClH/c1-7(15)12-16-10-4-2-3-9(14)11(10)13(18)17(12)8-5-6-8;/h2-4,7-8H,5-6,15H2,1H3;1H/t7-;/m0./s1. The Morgan fingerprint density at radius 1 is 1.47 bits per heavy atom. The van der Waals surface area contributed by atoms with Crippen molar-refractivity contribution >= 4 is 34.9 Å². The highest BCUT2D eigenvalue weighted by Crippen LogP contribution is 2.36. The number of nitrogens with zero attached hydrogens (tertiary/aromatic N) is 2. The van der Waals surface area contributed by atoms with E-state index in [1.54, 1.807) is 22.8 Å². The minimum absolute atomic E-state index is 0. The van der Waals surface area contributed by atoms with Gasteiger partial charge in [-0.2, -0.15) is 0 Å². The lowest BCUT2D eigenvalue weighted by atomic mass is 10.2. The molecule has 6 heteroatoms. The van der Waals surface area contributed by atoms with Crippen molar-refractivity contribution in [2.75, 3.05) is 0 Å². The first-order chi connectivity index (χ1) is 8.59. The maximum absolute atomic E-state index is 12.5. The number of halogens is 2. The third-order valence-electron chi connectivity index (χ3n) is 3.23. The van der Waals surface area contributed by atoms with E-state index in [9.17, 15) is 4.79 Å². The Morgan fingerprint density at radius 3 is 2.74 bits per heavy atom. The van der Waals surface area contributed by atoms with Crippen LogP contribution in [-0.2, 0) is 0 Å². The predicted octanol–water partition coefficient (Wildman–Crippen LogP) is 2.83. The van der Waals surface area contributed by atoms with Crippen LogP contribution in [0.1, 0.15) is 37.7 Å². The summed E-state index contributed by atoms with van der Waals surface area (Å²) in [7, 11) is 0. The molecule has 0 unspecified atom stereocenters. The minimum Gasteiger partial charge on any atom is -0.322 e. The van der Waals surface area contributed by atoms with Crippen LogP contribution in [0, 0.1) is 0 Å². The van der Waals surface area contributed by atoms with Gasteiger partial charge in [0.25, 0.3) is 5.56 Å². The SMILES string of the molecule is C[C@H](N)c1nc2cccc(Cl)c2c(=O)n1C1CC1.Cl. The summed E-state index contributed by atoms with van der Waals surface area (Å²) in [5.41, 5.74) is 6.48. The van der Waals surface area contributed by atoms with Crippen molar-refractivity contribution in [2.45, 2.75) is 31.8 Å². The molecule has 1 saturated carbocycles. The minimum atomic E-state index is -0.262. The normalized spacial score (nSPS) is 16.2. The quantitative estimate of drug-likeness (QED) is 0.927. The van der Waals surface area contributed by atoms with Crippen molar-refractivity contribution in [3.63, 3.8) is 0 Å². The molecule has 0 aliphatic heterocycles. The molecule has 0 saturated heterocycles. The van der Waals surface area contributed by atoms with Gasteiger partial charge in [-0.3, -0.25) is 9.36 Å². The van der Waals surface area contributed by atoms with Crippen molar-refractivity contribution in [3.8, 4) is 0 Å². The highest BCUT2D eigenvalue weighted by Gasteiger charge is 2.29. The highest BCUT2D eigenvalue weighted by atomic mass is 35.5. The second-order valence-corrected chi connectivity index (χ2v) is 5.21. The van der Waals surface area contributed by atoms with Crippen LogP contribution in [0.3, 0.4) is 0 Å². The largest absolute Gasteiger partial charge is 0.322 e. The van der Waals surface area contributed by atoms with Gasteiger partial charge in [-0.05, 0) is 31.9 Å². The van der Waals surface area contributed by atoms with Crippen molar-refractivity contribution in [2.24, 2.45) is 5.73 Å². The highest BCUT2D eigenvalue weighted by molar-refractivity contribution is 6.35. The Hall–Kier alpha value is -1.10. The van der Waals surface area contributed by atoms with Crippen LogP contribution in [0.2, 0.25) is 5.02 Å². The lowest BCUT2D eigenvalue weighted by molar-refractivity contribution is 0.594. The van der Waals surface area contributed by atoms with Gasteiger partial charge in [0.1, 0.15) is 5.82 Å². The maximum atomic E-state index is 12.5. The van der Waals surface area contributed by atoms with E-state index in [-0.39, 0.29) is 30.0 Å². The van der Waals surface area contributed by atoms with Gasteiger partial charge in [0.05, 0.1) is 22.0 Å². The van der Waals surface area contributed by atoms with Crippen LogP contribution >= 0.6 is 24.0 Å². The molecule has 2 N–H and O–H groups in total. The van der Waals surface area contributed by atoms with Crippen LogP contribution < -0.4 is 11.3 Å². The average molecular weight is 300 g/mol. The van der Waals surface area contributed by atoms with Crippen molar-refractivity contribution in [1.82, 2.24) is 9.55 Å². The van der Waals surface area contributed by atoms with E-state index in [4.69, 9.17) is 17.3 Å². The van der Waals surface area contributed by atoms with Gasteiger partial charge < -0.3 is 5.73 Å². The number of aromatic nitrogens is 2. The molecule has 1 atom stereocenters. The molecule has 1 aromatic carbocycles. The Morgan fingerprint density at radius 2 is 2.16 bits per heavy atom. The molecular weight excluding hydrogens is 285 g/mol. The summed E-state index contributed by atoms with van der Waals surface area (Å²) in [6, 6.07) is 5.29. The van der Waals surface area contributed by atoms with Crippen molar-refractivity contribution in [3.05, 3.63) is 39.4 Å². The molecule has 1 aliphatic carbocycles. The Bertz CT molecular complexity index is 677. The van der Waals surface area contributed by atoms with Gasteiger partial charge in [0, 0.05) is 6.04 Å². The van der Waals surface area contributed by atoms with Gasteiger partial charge in [-0.25, -0.2) is 4.98 Å². The van der Waals surface area contributed by atoms with E-state index >= 15 is 0 Å². The molecule has 4 nitrogen and oxygen atoms in total. The molecule has 19 heavy (non-hydrogen) atoms. The summed E-state index contributed by atoms with van der Waals surface area (Å²) in [5, 5.41) is 0.950. The zero-order valence-electron chi connectivity index (χ0n) is 10.5. The fourth-order valence-electron chi connectivity index (χ4n) is 2.23. The first kappa shape index (κ1) is 14.3. The van der Waals surface area contributed by atoms with Gasteiger partial charge in [-0.1, -0.05) is 17.7 Å². The van der Waals surface area contributed by atoms with Gasteiger partial charge in [-0.15, -0.1) is 12.4 Å². The number of hydrogen-bond acceptors (Lipinski definition) is 3. The smallest absolute Gasteiger partial charge is 0.263 e. The lowest BCUT2D eigenvalue weighted by Gasteiger charge is -2.15. The molecule has 1 aliphatic rings. The first-order valence-electron chi connectivity index (χ1n) is 6.06. The van der Waals surface area contributed by atoms with Gasteiger partial charge >= 0.3 is 0 Å². The average Bonchev–Trinajstić information content (AvgIpc) is 3.12. The number of nitrogens with two attached hydrogens (primary N) is 1. The molecule has 0 radical (unpaired) electrons. The fourth-order valence-corrected chi connectivity index (χ4v) is 2.48. The van der Waals surface area contributed by atoms with E-state index in [2.05, 4.69) is 4.98 Å². The zero-order valence-corrected chi connectivity index (χ0v) is 12.0. The number of fused-ring (bicyclic) bond motifs is 1. The Balaban J connectivity index is 0.00000133. The van der Waals surface area contributed by atoms with E-state index < -0.39 is 0 Å². The zero-order chi connectivity index (χ0) is 12.9. The fraction of sp³-hybridized carbons (Fsp3) is 0.385. The van der Waals surface area contributed by atoms with E-state index in [1.165, 1.54) is 0 Å². The summed E-state index contributed by atoms with van der Waals surface area (Å²) < 4.78 is 1.72.